The predicted octanol–water partition coefficient (Wildman–Crippen LogP) is 4.58. The van der Waals surface area contributed by atoms with E-state index >= 15 is 0 Å². The van der Waals surface area contributed by atoms with Gasteiger partial charge in [-0.1, -0.05) is 23.7 Å². The number of anilines is 1. The van der Waals surface area contributed by atoms with Gasteiger partial charge in [0, 0.05) is 5.02 Å². The van der Waals surface area contributed by atoms with E-state index in [-0.39, 0.29) is 34.1 Å². The Morgan fingerprint density at radius 1 is 1.13 bits per heavy atom. The van der Waals surface area contributed by atoms with E-state index < -0.39 is 23.5 Å². The minimum atomic E-state index is -1.11. The quantitative estimate of drug-likeness (QED) is 0.350. The van der Waals surface area contributed by atoms with Crippen LogP contribution in [0.4, 0.5) is 5.69 Å². The highest BCUT2D eigenvalue weighted by Gasteiger charge is 2.49. The lowest BCUT2D eigenvalue weighted by Crippen LogP contribution is -2.29. The summed E-state index contributed by atoms with van der Waals surface area (Å²) in [4.78, 5) is 27.2. The summed E-state index contributed by atoms with van der Waals surface area (Å²) in [6.07, 6.45) is 0. The van der Waals surface area contributed by atoms with Crippen molar-refractivity contribution in [2.45, 2.75) is 13.0 Å². The zero-order chi connectivity index (χ0) is 22.3. The van der Waals surface area contributed by atoms with Crippen LogP contribution < -0.4 is 9.64 Å². The number of carbonyl (C=O) groups is 2. The van der Waals surface area contributed by atoms with Crippen LogP contribution in [0.1, 0.15) is 23.1 Å². The summed E-state index contributed by atoms with van der Waals surface area (Å²) < 4.78 is 11.0. The molecule has 0 saturated carbocycles. The molecule has 3 aromatic rings. The lowest BCUT2D eigenvalue weighted by molar-refractivity contribution is -0.132. The van der Waals surface area contributed by atoms with Gasteiger partial charge < -0.3 is 19.4 Å². The molecule has 1 unspecified atom stereocenters. The fourth-order valence-corrected chi connectivity index (χ4v) is 3.80. The highest BCUT2D eigenvalue weighted by molar-refractivity contribution is 6.52. The molecule has 1 aliphatic rings. The molecule has 2 N–H and O–H groups in total. The van der Waals surface area contributed by atoms with Gasteiger partial charge in [0.25, 0.3) is 11.7 Å². The van der Waals surface area contributed by atoms with E-state index in [0.717, 1.165) is 4.90 Å². The number of amides is 1. The molecule has 0 radical (unpaired) electrons. The molecule has 0 aliphatic carbocycles. The maximum absolute atomic E-state index is 13.1. The van der Waals surface area contributed by atoms with Gasteiger partial charge in [-0.3, -0.25) is 14.5 Å². The van der Waals surface area contributed by atoms with Gasteiger partial charge in [0.1, 0.15) is 34.8 Å². The van der Waals surface area contributed by atoms with Crippen molar-refractivity contribution in [3.63, 3.8) is 0 Å². The molecule has 1 atom stereocenters. The summed E-state index contributed by atoms with van der Waals surface area (Å²) in [6, 6.07) is 12.9. The first-order valence-electron chi connectivity index (χ1n) is 9.32. The van der Waals surface area contributed by atoms with Crippen LogP contribution in [0, 0.1) is 6.92 Å². The molecule has 2 aromatic carbocycles. The van der Waals surface area contributed by atoms with E-state index in [1.807, 2.05) is 0 Å². The van der Waals surface area contributed by atoms with Crippen molar-refractivity contribution in [1.82, 2.24) is 0 Å². The highest BCUT2D eigenvalue weighted by Crippen LogP contribution is 2.45. The number of halogens is 1. The monoisotopic (exact) mass is 439 g/mol. The van der Waals surface area contributed by atoms with E-state index in [2.05, 4.69) is 0 Å². The molecular weight excluding hydrogens is 422 g/mol. The molecule has 0 spiro atoms. The summed E-state index contributed by atoms with van der Waals surface area (Å²) >= 11 is 6.09. The fraction of sp³-hybridized carbons (Fsp3) is 0.130. The van der Waals surface area contributed by atoms with Crippen LogP contribution in [0.25, 0.3) is 5.76 Å². The SMILES string of the molecule is COc1ccc(Cl)cc1/C(O)=C1\C(=O)C(=O)N(c2ccccc2O)C1c1ccc(C)o1. The fourth-order valence-electron chi connectivity index (χ4n) is 3.63. The number of rotatable bonds is 4. The molecule has 8 heteroatoms. The van der Waals surface area contributed by atoms with E-state index in [1.165, 1.54) is 25.3 Å². The van der Waals surface area contributed by atoms with Gasteiger partial charge in [0.2, 0.25) is 0 Å². The summed E-state index contributed by atoms with van der Waals surface area (Å²) in [5.74, 6) is -1.43. The number of aryl methyl sites for hydroxylation is 1. The van der Waals surface area contributed by atoms with Crippen LogP contribution in [0.5, 0.6) is 11.5 Å². The van der Waals surface area contributed by atoms with E-state index in [4.69, 9.17) is 20.8 Å². The highest BCUT2D eigenvalue weighted by atomic mass is 35.5. The summed E-state index contributed by atoms with van der Waals surface area (Å²) in [6.45, 7) is 1.72. The van der Waals surface area contributed by atoms with Gasteiger partial charge in [-0.05, 0) is 49.4 Å². The number of aliphatic hydroxyl groups excluding tert-OH is 1. The molecule has 1 saturated heterocycles. The van der Waals surface area contributed by atoms with Crippen LogP contribution in [-0.4, -0.2) is 29.0 Å². The second-order valence-corrected chi connectivity index (χ2v) is 7.39. The third-order valence-corrected chi connectivity index (χ3v) is 5.27. The van der Waals surface area contributed by atoms with Crippen molar-refractivity contribution in [3.8, 4) is 11.5 Å². The smallest absolute Gasteiger partial charge is 0.300 e. The Bertz CT molecular complexity index is 1230. The molecule has 1 fully saturated rings. The summed E-state index contributed by atoms with van der Waals surface area (Å²) in [5, 5.41) is 21.8. The molecule has 1 aromatic heterocycles. The zero-order valence-electron chi connectivity index (χ0n) is 16.6. The van der Waals surface area contributed by atoms with Gasteiger partial charge in [0.05, 0.1) is 23.9 Å². The minimum absolute atomic E-state index is 0.112. The number of benzene rings is 2. The maximum atomic E-state index is 13.1. The van der Waals surface area contributed by atoms with Crippen LogP contribution in [0.3, 0.4) is 0 Å². The predicted molar refractivity (Wildman–Crippen MR) is 114 cm³/mol. The molecule has 7 nitrogen and oxygen atoms in total. The van der Waals surface area contributed by atoms with Crippen LogP contribution >= 0.6 is 11.6 Å². The second kappa shape index (κ2) is 7.85. The van der Waals surface area contributed by atoms with Gasteiger partial charge >= 0.3 is 0 Å². The van der Waals surface area contributed by atoms with Crippen molar-refractivity contribution in [2.24, 2.45) is 0 Å². The maximum Gasteiger partial charge on any atom is 0.300 e. The molecule has 31 heavy (non-hydrogen) atoms. The number of ketones is 1. The minimum Gasteiger partial charge on any atom is -0.507 e. The lowest BCUT2D eigenvalue weighted by Gasteiger charge is -2.24. The Kier molecular flexibility index (Phi) is 5.20. The number of hydrogen-bond donors (Lipinski definition) is 2. The Labute approximate surface area is 182 Å². The van der Waals surface area contributed by atoms with E-state index in [9.17, 15) is 19.8 Å². The lowest BCUT2D eigenvalue weighted by atomic mass is 9.98. The molecule has 4 rings (SSSR count). The molecule has 2 heterocycles. The van der Waals surface area contributed by atoms with Gasteiger partial charge in [-0.25, -0.2) is 0 Å². The third kappa shape index (κ3) is 3.43. The number of ether oxygens (including phenoxy) is 1. The number of aromatic hydroxyl groups is 1. The zero-order valence-corrected chi connectivity index (χ0v) is 17.4. The van der Waals surface area contributed by atoms with E-state index in [0.29, 0.717) is 10.8 Å². The number of methoxy groups -OCH3 is 1. The average Bonchev–Trinajstić information content (AvgIpc) is 3.29. The Morgan fingerprint density at radius 2 is 1.87 bits per heavy atom. The second-order valence-electron chi connectivity index (χ2n) is 6.95. The normalized spacial score (nSPS) is 17.9. The molecule has 158 valence electrons. The van der Waals surface area contributed by atoms with Gasteiger partial charge in [0.15, 0.2) is 0 Å². The van der Waals surface area contributed by atoms with Crippen molar-refractivity contribution in [3.05, 3.63) is 82.3 Å². The third-order valence-electron chi connectivity index (χ3n) is 5.03. The number of phenols is 1. The Hall–Kier alpha value is -3.71. The standard InChI is InChI=1S/C23H18ClNO6/c1-12-7-9-18(31-12)20-19(21(27)14-11-13(24)8-10-17(14)30-2)22(28)23(29)25(20)15-5-3-4-6-16(15)26/h3-11,20,26-27H,1-2H3/b21-19+. The molecule has 1 aliphatic heterocycles. The van der Waals surface area contributed by atoms with Crippen LogP contribution in [-0.2, 0) is 9.59 Å². The number of nitrogens with zero attached hydrogens (tertiary/aromatic N) is 1. The molecule has 1 amide bonds. The average molecular weight is 440 g/mol. The number of phenolic OH excluding ortho intramolecular Hbond substituents is 1. The molecule has 0 bridgehead atoms. The van der Waals surface area contributed by atoms with Gasteiger partial charge in [-0.15, -0.1) is 0 Å². The first kappa shape index (κ1) is 20.6. The first-order chi connectivity index (χ1) is 14.8. The number of Topliss-reactive ketones (excluding diaryl/α,β-unsaturated/α-hetero) is 1. The topological polar surface area (TPSA) is 100 Å². The largest absolute Gasteiger partial charge is 0.507 e. The Morgan fingerprint density at radius 3 is 2.52 bits per heavy atom. The van der Waals surface area contributed by atoms with Crippen molar-refractivity contribution in [2.75, 3.05) is 12.0 Å². The number of carbonyl (C=O) groups excluding carboxylic acids is 2. The van der Waals surface area contributed by atoms with Gasteiger partial charge in [-0.2, -0.15) is 0 Å². The first-order valence-corrected chi connectivity index (χ1v) is 9.70. The number of hydrogen-bond acceptors (Lipinski definition) is 6. The number of para-hydroxylation sites is 2. The van der Waals surface area contributed by atoms with Crippen molar-refractivity contribution < 1.29 is 29.0 Å². The summed E-state index contributed by atoms with van der Waals surface area (Å²) in [7, 11) is 1.41. The Balaban J connectivity index is 2.00. The van der Waals surface area contributed by atoms with Crippen LogP contribution in [0.2, 0.25) is 5.02 Å². The van der Waals surface area contributed by atoms with Crippen molar-refractivity contribution >= 4 is 34.7 Å². The van der Waals surface area contributed by atoms with Crippen molar-refractivity contribution in [1.29, 1.82) is 0 Å². The number of furan rings is 1. The summed E-state index contributed by atoms with van der Waals surface area (Å²) in [5.41, 5.74) is 0.0579. The molecular formula is C23H18ClNO6. The number of aliphatic hydroxyl groups is 1. The van der Waals surface area contributed by atoms with Crippen LogP contribution in [0.15, 0.2) is 64.6 Å². The van der Waals surface area contributed by atoms with E-state index in [1.54, 1.807) is 43.3 Å².